The summed E-state index contributed by atoms with van der Waals surface area (Å²) in [6, 6.07) is 16.0. The number of rotatable bonds is 4. The van der Waals surface area contributed by atoms with Crippen LogP contribution >= 0.6 is 0 Å². The van der Waals surface area contributed by atoms with E-state index in [2.05, 4.69) is 0 Å². The van der Waals surface area contributed by atoms with E-state index in [1.54, 1.807) is 24.3 Å². The highest BCUT2D eigenvalue weighted by Gasteiger charge is 2.09. The van der Waals surface area contributed by atoms with Crippen LogP contribution in [0.1, 0.15) is 11.7 Å². The lowest BCUT2D eigenvalue weighted by molar-refractivity contribution is 0.106. The van der Waals surface area contributed by atoms with Crippen LogP contribution in [0.15, 0.2) is 54.6 Å². The Labute approximate surface area is 99.9 Å². The van der Waals surface area contributed by atoms with Gasteiger partial charge in [-0.25, -0.2) is 0 Å². The number of hydrogen-bond donors (Lipinski definition) is 2. The number of phenols is 1. The molecule has 0 aliphatic rings. The summed E-state index contributed by atoms with van der Waals surface area (Å²) in [5, 5.41) is 19.4. The molecule has 3 nitrogen and oxygen atoms in total. The maximum atomic E-state index is 9.87. The van der Waals surface area contributed by atoms with Crippen molar-refractivity contribution in [2.45, 2.75) is 6.10 Å². The Hall–Kier alpha value is -2.00. The Morgan fingerprint density at radius 3 is 2.29 bits per heavy atom. The second-order valence-electron chi connectivity index (χ2n) is 3.71. The van der Waals surface area contributed by atoms with Gasteiger partial charge in [-0.05, 0) is 17.7 Å². The number of aliphatic hydroxyl groups is 1. The molecule has 17 heavy (non-hydrogen) atoms. The highest BCUT2D eigenvalue weighted by atomic mass is 16.5. The lowest BCUT2D eigenvalue weighted by atomic mass is 10.1. The highest BCUT2D eigenvalue weighted by molar-refractivity contribution is 5.38. The number of hydrogen-bond acceptors (Lipinski definition) is 3. The molecule has 0 amide bonds. The molecule has 0 heterocycles. The minimum atomic E-state index is -0.698. The summed E-state index contributed by atoms with van der Waals surface area (Å²) in [6.07, 6.45) is -0.698. The smallest absolute Gasteiger partial charge is 0.161 e. The van der Waals surface area contributed by atoms with E-state index in [-0.39, 0.29) is 12.4 Å². The Bertz CT molecular complexity index is 468. The van der Waals surface area contributed by atoms with Gasteiger partial charge in [-0.15, -0.1) is 0 Å². The molecule has 2 aromatic rings. The van der Waals surface area contributed by atoms with Crippen LogP contribution in [0.4, 0.5) is 0 Å². The summed E-state index contributed by atoms with van der Waals surface area (Å²) < 4.78 is 5.35. The fourth-order valence-corrected chi connectivity index (χ4v) is 1.52. The van der Waals surface area contributed by atoms with Crippen molar-refractivity contribution in [2.24, 2.45) is 0 Å². The monoisotopic (exact) mass is 230 g/mol. The van der Waals surface area contributed by atoms with Gasteiger partial charge in [-0.2, -0.15) is 0 Å². The zero-order valence-electron chi connectivity index (χ0n) is 9.28. The molecule has 88 valence electrons. The molecule has 0 aliphatic carbocycles. The van der Waals surface area contributed by atoms with Crippen LogP contribution in [-0.4, -0.2) is 16.8 Å². The maximum absolute atomic E-state index is 9.87. The molecule has 0 unspecified atom stereocenters. The minimum Gasteiger partial charge on any atom is -0.504 e. The number of phenolic OH excluding ortho intramolecular Hbond substituents is 1. The van der Waals surface area contributed by atoms with Crippen molar-refractivity contribution in [2.75, 3.05) is 6.61 Å². The summed E-state index contributed by atoms with van der Waals surface area (Å²) in [5.74, 6) is 0.454. The molecule has 0 saturated heterocycles. The first-order valence-electron chi connectivity index (χ1n) is 5.41. The van der Waals surface area contributed by atoms with Crippen LogP contribution in [0.25, 0.3) is 0 Å². The number of ether oxygens (including phenoxy) is 1. The van der Waals surface area contributed by atoms with E-state index >= 15 is 0 Å². The Morgan fingerprint density at radius 1 is 0.941 bits per heavy atom. The van der Waals surface area contributed by atoms with Crippen molar-refractivity contribution in [1.29, 1.82) is 0 Å². The summed E-state index contributed by atoms with van der Waals surface area (Å²) in [7, 11) is 0. The van der Waals surface area contributed by atoms with Crippen LogP contribution in [0.2, 0.25) is 0 Å². The Balaban J connectivity index is 1.97. The predicted molar refractivity (Wildman–Crippen MR) is 65.0 cm³/mol. The van der Waals surface area contributed by atoms with Crippen LogP contribution in [0.3, 0.4) is 0 Å². The first kappa shape index (κ1) is 11.5. The standard InChI is InChI=1S/C14H14O3/c15-12-8-4-5-9-14(12)17-10-13(16)11-6-2-1-3-7-11/h1-9,13,15-16H,10H2/t13-/m0/s1. The molecule has 3 heteroatoms. The first-order chi connectivity index (χ1) is 8.27. The Morgan fingerprint density at radius 2 is 1.59 bits per heavy atom. The second-order valence-corrected chi connectivity index (χ2v) is 3.71. The van der Waals surface area contributed by atoms with E-state index in [1.165, 1.54) is 0 Å². The third-order valence-corrected chi connectivity index (χ3v) is 2.45. The van der Waals surface area contributed by atoms with E-state index in [0.29, 0.717) is 5.75 Å². The number of aliphatic hydroxyl groups excluding tert-OH is 1. The van der Waals surface area contributed by atoms with E-state index < -0.39 is 6.10 Å². The average molecular weight is 230 g/mol. The topological polar surface area (TPSA) is 49.7 Å². The summed E-state index contributed by atoms with van der Waals surface area (Å²) in [5.41, 5.74) is 0.794. The fourth-order valence-electron chi connectivity index (χ4n) is 1.52. The van der Waals surface area contributed by atoms with Gasteiger partial charge in [0.15, 0.2) is 11.5 Å². The molecule has 0 radical (unpaired) electrons. The third-order valence-electron chi connectivity index (χ3n) is 2.45. The lowest BCUT2D eigenvalue weighted by Crippen LogP contribution is -2.09. The highest BCUT2D eigenvalue weighted by Crippen LogP contribution is 2.25. The van der Waals surface area contributed by atoms with Crippen LogP contribution in [-0.2, 0) is 0 Å². The van der Waals surface area contributed by atoms with Gasteiger partial charge in [-0.1, -0.05) is 42.5 Å². The molecule has 0 aromatic heterocycles. The molecule has 0 fully saturated rings. The van der Waals surface area contributed by atoms with E-state index in [1.807, 2.05) is 30.3 Å². The summed E-state index contributed by atoms with van der Waals surface area (Å²) in [6.45, 7) is 0.113. The van der Waals surface area contributed by atoms with Crippen LogP contribution < -0.4 is 4.74 Å². The normalized spacial score (nSPS) is 12.1. The largest absolute Gasteiger partial charge is 0.504 e. The van der Waals surface area contributed by atoms with Gasteiger partial charge in [-0.3, -0.25) is 0 Å². The van der Waals surface area contributed by atoms with E-state index in [4.69, 9.17) is 4.74 Å². The summed E-state index contributed by atoms with van der Waals surface area (Å²) in [4.78, 5) is 0. The molecule has 2 rings (SSSR count). The van der Waals surface area contributed by atoms with Crippen LogP contribution in [0, 0.1) is 0 Å². The van der Waals surface area contributed by atoms with Gasteiger partial charge in [0, 0.05) is 0 Å². The molecule has 0 bridgehead atoms. The molecular formula is C14H14O3. The van der Waals surface area contributed by atoms with Crippen molar-refractivity contribution in [3.05, 3.63) is 60.2 Å². The lowest BCUT2D eigenvalue weighted by Gasteiger charge is -2.13. The van der Waals surface area contributed by atoms with Crippen molar-refractivity contribution < 1.29 is 14.9 Å². The molecule has 0 saturated carbocycles. The van der Waals surface area contributed by atoms with Gasteiger partial charge < -0.3 is 14.9 Å². The molecule has 0 spiro atoms. The molecule has 1 atom stereocenters. The fraction of sp³-hybridized carbons (Fsp3) is 0.143. The van der Waals surface area contributed by atoms with Gasteiger partial charge in [0.1, 0.15) is 12.7 Å². The number of benzene rings is 2. The van der Waals surface area contributed by atoms with E-state index in [0.717, 1.165) is 5.56 Å². The van der Waals surface area contributed by atoms with E-state index in [9.17, 15) is 10.2 Å². The predicted octanol–water partition coefficient (Wildman–Crippen LogP) is 2.50. The zero-order valence-corrected chi connectivity index (χ0v) is 9.28. The quantitative estimate of drug-likeness (QED) is 0.848. The van der Waals surface area contributed by atoms with Crippen molar-refractivity contribution in [1.82, 2.24) is 0 Å². The molecule has 2 N–H and O–H groups in total. The minimum absolute atomic E-state index is 0.0766. The van der Waals surface area contributed by atoms with Gasteiger partial charge in [0.25, 0.3) is 0 Å². The van der Waals surface area contributed by atoms with Crippen molar-refractivity contribution >= 4 is 0 Å². The molecule has 2 aromatic carbocycles. The SMILES string of the molecule is Oc1ccccc1OC[C@H](O)c1ccccc1. The summed E-state index contributed by atoms with van der Waals surface area (Å²) >= 11 is 0. The second kappa shape index (κ2) is 5.37. The van der Waals surface area contributed by atoms with Crippen molar-refractivity contribution in [3.8, 4) is 11.5 Å². The maximum Gasteiger partial charge on any atom is 0.161 e. The molecule has 0 aliphatic heterocycles. The third kappa shape index (κ3) is 2.98. The van der Waals surface area contributed by atoms with Crippen LogP contribution in [0.5, 0.6) is 11.5 Å². The van der Waals surface area contributed by atoms with Crippen molar-refractivity contribution in [3.63, 3.8) is 0 Å². The van der Waals surface area contributed by atoms with Gasteiger partial charge in [0.2, 0.25) is 0 Å². The number of aromatic hydroxyl groups is 1. The number of para-hydroxylation sites is 2. The molecular weight excluding hydrogens is 216 g/mol. The zero-order chi connectivity index (χ0) is 12.1. The van der Waals surface area contributed by atoms with Gasteiger partial charge >= 0.3 is 0 Å². The Kier molecular flexibility index (Phi) is 3.62. The first-order valence-corrected chi connectivity index (χ1v) is 5.41. The average Bonchev–Trinajstić information content (AvgIpc) is 2.38. The van der Waals surface area contributed by atoms with Gasteiger partial charge in [0.05, 0.1) is 0 Å².